The van der Waals surface area contributed by atoms with Gasteiger partial charge in [-0.1, -0.05) is 0 Å². The van der Waals surface area contributed by atoms with Crippen LogP contribution >= 0.6 is 11.3 Å². The van der Waals surface area contributed by atoms with Gasteiger partial charge in [-0.05, 0) is 55.1 Å². The van der Waals surface area contributed by atoms with Gasteiger partial charge in [0.25, 0.3) is 5.91 Å². The molecule has 132 valence electrons. The van der Waals surface area contributed by atoms with E-state index >= 15 is 0 Å². The van der Waals surface area contributed by atoms with Gasteiger partial charge in [-0.25, -0.2) is 4.39 Å². The number of hydrogen-bond acceptors (Lipinski definition) is 4. The molecule has 4 rings (SSSR count). The Bertz CT molecular complexity index is 746. The van der Waals surface area contributed by atoms with E-state index < -0.39 is 0 Å². The molecule has 25 heavy (non-hydrogen) atoms. The number of hydrogen-bond donors (Lipinski definition) is 0. The molecule has 1 aromatic heterocycles. The lowest BCUT2D eigenvalue weighted by Crippen LogP contribution is -2.51. The van der Waals surface area contributed by atoms with Crippen LogP contribution in [0.4, 0.5) is 4.39 Å². The van der Waals surface area contributed by atoms with Crippen LogP contribution in [-0.4, -0.2) is 47.9 Å². The first-order valence-corrected chi connectivity index (χ1v) is 9.56. The number of ether oxygens (including phenoxy) is 1. The van der Waals surface area contributed by atoms with E-state index in [0.717, 1.165) is 30.1 Å². The third kappa shape index (κ3) is 3.70. The average molecular weight is 360 g/mol. The van der Waals surface area contributed by atoms with Crippen LogP contribution in [0, 0.1) is 5.82 Å². The largest absolute Gasteiger partial charge is 0.489 e. The van der Waals surface area contributed by atoms with Crippen molar-refractivity contribution in [3.8, 4) is 5.75 Å². The maximum absolute atomic E-state index is 12.9. The SMILES string of the molecule is O=C(c1cc(COc2ccc(F)cc2)cs1)N1CCN2CCCC2C1. The Morgan fingerprint density at radius 1 is 1.24 bits per heavy atom. The summed E-state index contributed by atoms with van der Waals surface area (Å²) in [4.78, 5) is 18.0. The normalized spacial score (nSPS) is 20.5. The van der Waals surface area contributed by atoms with Crippen molar-refractivity contribution in [2.24, 2.45) is 0 Å². The van der Waals surface area contributed by atoms with E-state index in [0.29, 0.717) is 18.4 Å². The summed E-state index contributed by atoms with van der Waals surface area (Å²) in [5.41, 5.74) is 0.970. The van der Waals surface area contributed by atoms with Crippen molar-refractivity contribution in [1.29, 1.82) is 0 Å². The van der Waals surface area contributed by atoms with Crippen LogP contribution in [0.1, 0.15) is 28.1 Å². The van der Waals surface area contributed by atoms with E-state index in [1.54, 1.807) is 12.1 Å². The molecule has 2 aliphatic heterocycles. The standard InChI is InChI=1S/C19H21FN2O2S/c20-15-3-5-17(6-4-15)24-12-14-10-18(25-13-14)19(23)22-9-8-21-7-1-2-16(21)11-22/h3-6,10,13,16H,1-2,7-9,11-12H2. The van der Waals surface area contributed by atoms with Crippen LogP contribution in [0.2, 0.25) is 0 Å². The molecular formula is C19H21FN2O2S. The molecule has 0 N–H and O–H groups in total. The highest BCUT2D eigenvalue weighted by Crippen LogP contribution is 2.25. The van der Waals surface area contributed by atoms with Crippen LogP contribution in [0.5, 0.6) is 5.75 Å². The van der Waals surface area contributed by atoms with Crippen molar-refractivity contribution in [2.75, 3.05) is 26.2 Å². The predicted octanol–water partition coefficient (Wildman–Crippen LogP) is 3.39. The lowest BCUT2D eigenvalue weighted by atomic mass is 10.1. The van der Waals surface area contributed by atoms with Gasteiger partial charge in [-0.15, -0.1) is 11.3 Å². The number of rotatable bonds is 4. The van der Waals surface area contributed by atoms with Gasteiger partial charge in [0.1, 0.15) is 18.2 Å². The van der Waals surface area contributed by atoms with Gasteiger partial charge >= 0.3 is 0 Å². The molecule has 3 heterocycles. The summed E-state index contributed by atoms with van der Waals surface area (Å²) in [7, 11) is 0. The molecule has 2 aromatic rings. The zero-order valence-electron chi connectivity index (χ0n) is 14.0. The van der Waals surface area contributed by atoms with Gasteiger partial charge in [0, 0.05) is 31.2 Å². The minimum absolute atomic E-state index is 0.129. The molecule has 0 saturated carbocycles. The number of thiophene rings is 1. The van der Waals surface area contributed by atoms with Gasteiger partial charge < -0.3 is 9.64 Å². The molecule has 0 radical (unpaired) electrons. The van der Waals surface area contributed by atoms with Crippen molar-refractivity contribution >= 4 is 17.2 Å². The monoisotopic (exact) mass is 360 g/mol. The lowest BCUT2D eigenvalue weighted by molar-refractivity contribution is 0.0576. The highest BCUT2D eigenvalue weighted by molar-refractivity contribution is 7.12. The molecule has 1 atom stereocenters. The second-order valence-corrected chi connectivity index (χ2v) is 7.56. The number of carbonyl (C=O) groups excluding carboxylic acids is 1. The summed E-state index contributed by atoms with van der Waals surface area (Å²) in [6.45, 7) is 4.21. The molecule has 4 nitrogen and oxygen atoms in total. The molecule has 1 unspecified atom stereocenters. The third-order valence-electron chi connectivity index (χ3n) is 4.96. The summed E-state index contributed by atoms with van der Waals surface area (Å²) in [6.07, 6.45) is 2.45. The van der Waals surface area contributed by atoms with Crippen LogP contribution < -0.4 is 4.74 Å². The fourth-order valence-corrected chi connectivity index (χ4v) is 4.46. The number of nitrogens with zero attached hydrogens (tertiary/aromatic N) is 2. The Morgan fingerprint density at radius 2 is 2.08 bits per heavy atom. The Balaban J connectivity index is 1.35. The first kappa shape index (κ1) is 16.5. The zero-order chi connectivity index (χ0) is 17.2. The van der Waals surface area contributed by atoms with E-state index in [4.69, 9.17) is 4.74 Å². The van der Waals surface area contributed by atoms with E-state index in [1.165, 1.54) is 42.9 Å². The summed E-state index contributed by atoms with van der Waals surface area (Å²) >= 11 is 1.47. The quantitative estimate of drug-likeness (QED) is 0.838. The molecule has 1 aromatic carbocycles. The lowest BCUT2D eigenvalue weighted by Gasteiger charge is -2.37. The molecule has 0 spiro atoms. The van der Waals surface area contributed by atoms with Crippen LogP contribution in [-0.2, 0) is 6.61 Å². The van der Waals surface area contributed by atoms with Crippen molar-refractivity contribution in [2.45, 2.75) is 25.5 Å². The number of piperazine rings is 1. The topological polar surface area (TPSA) is 32.8 Å². The molecule has 1 amide bonds. The number of amides is 1. The minimum atomic E-state index is -0.280. The minimum Gasteiger partial charge on any atom is -0.489 e. The van der Waals surface area contributed by atoms with Gasteiger partial charge in [0.15, 0.2) is 0 Å². The number of halogens is 1. The van der Waals surface area contributed by atoms with Crippen LogP contribution in [0.3, 0.4) is 0 Å². The van der Waals surface area contributed by atoms with Gasteiger partial charge in [-0.2, -0.15) is 0 Å². The number of fused-ring (bicyclic) bond motifs is 1. The third-order valence-corrected chi connectivity index (χ3v) is 5.93. The van der Waals surface area contributed by atoms with E-state index in [-0.39, 0.29) is 11.7 Å². The van der Waals surface area contributed by atoms with Crippen molar-refractivity contribution in [3.63, 3.8) is 0 Å². The highest BCUT2D eigenvalue weighted by Gasteiger charge is 2.33. The Hall–Kier alpha value is -1.92. The molecule has 2 saturated heterocycles. The second kappa shape index (κ2) is 7.14. The Labute approximate surface area is 150 Å². The van der Waals surface area contributed by atoms with Crippen molar-refractivity contribution in [1.82, 2.24) is 9.80 Å². The Kier molecular flexibility index (Phi) is 4.72. The Morgan fingerprint density at radius 3 is 2.92 bits per heavy atom. The molecule has 6 heteroatoms. The first-order valence-electron chi connectivity index (χ1n) is 8.68. The van der Waals surface area contributed by atoms with E-state index in [9.17, 15) is 9.18 Å². The fourth-order valence-electron chi connectivity index (χ4n) is 3.59. The maximum atomic E-state index is 12.9. The van der Waals surface area contributed by atoms with Gasteiger partial charge in [0.05, 0.1) is 4.88 Å². The van der Waals surface area contributed by atoms with Crippen LogP contribution in [0.15, 0.2) is 35.7 Å². The summed E-state index contributed by atoms with van der Waals surface area (Å²) in [5.74, 6) is 0.473. The van der Waals surface area contributed by atoms with Crippen LogP contribution in [0.25, 0.3) is 0 Å². The summed E-state index contributed by atoms with van der Waals surface area (Å²) in [5, 5.41) is 1.96. The predicted molar refractivity (Wildman–Crippen MR) is 95.5 cm³/mol. The van der Waals surface area contributed by atoms with E-state index in [1.807, 2.05) is 16.3 Å². The molecular weight excluding hydrogens is 339 g/mol. The molecule has 2 fully saturated rings. The first-order chi connectivity index (χ1) is 12.2. The zero-order valence-corrected chi connectivity index (χ0v) is 14.8. The summed E-state index contributed by atoms with van der Waals surface area (Å²) in [6, 6.07) is 8.42. The average Bonchev–Trinajstić information content (AvgIpc) is 3.29. The molecule has 0 bridgehead atoms. The fraction of sp³-hybridized carbons (Fsp3) is 0.421. The van der Waals surface area contributed by atoms with Crippen molar-refractivity contribution < 1.29 is 13.9 Å². The number of benzene rings is 1. The molecule has 2 aliphatic rings. The maximum Gasteiger partial charge on any atom is 0.264 e. The highest BCUT2D eigenvalue weighted by atomic mass is 32.1. The molecule has 0 aliphatic carbocycles. The van der Waals surface area contributed by atoms with Crippen molar-refractivity contribution in [3.05, 3.63) is 52.0 Å². The smallest absolute Gasteiger partial charge is 0.264 e. The van der Waals surface area contributed by atoms with E-state index in [2.05, 4.69) is 4.90 Å². The number of carbonyl (C=O) groups is 1. The summed E-state index contributed by atoms with van der Waals surface area (Å²) < 4.78 is 18.6. The van der Waals surface area contributed by atoms with Gasteiger partial charge in [-0.3, -0.25) is 9.69 Å². The van der Waals surface area contributed by atoms with Gasteiger partial charge in [0.2, 0.25) is 0 Å². The second-order valence-electron chi connectivity index (χ2n) is 6.64.